The van der Waals surface area contributed by atoms with Gasteiger partial charge in [0, 0.05) is 39.0 Å². The summed E-state index contributed by atoms with van der Waals surface area (Å²) in [5.41, 5.74) is 9.13. The molecule has 0 bridgehead atoms. The number of thiophene rings is 1. The van der Waals surface area contributed by atoms with Crippen molar-refractivity contribution in [3.05, 3.63) is 139 Å². The lowest BCUT2D eigenvalue weighted by Crippen LogP contribution is -2.16. The third kappa shape index (κ3) is 4.68. The topological polar surface area (TPSA) is 30.7 Å². The highest BCUT2D eigenvalue weighted by atomic mass is 32.1. The van der Waals surface area contributed by atoms with Crippen LogP contribution in [0.15, 0.2) is 121 Å². The first-order chi connectivity index (χ1) is 22.3. The summed E-state index contributed by atoms with van der Waals surface area (Å²) >= 11 is 1.66. The maximum atomic E-state index is 15.0. The maximum absolute atomic E-state index is 15.0. The fourth-order valence-electron chi connectivity index (χ4n) is 6.34. The quantitative estimate of drug-likeness (QED) is 0.196. The predicted octanol–water partition coefficient (Wildman–Crippen LogP) is 11.4. The van der Waals surface area contributed by atoms with Crippen LogP contribution < -0.4 is 0 Å². The van der Waals surface area contributed by atoms with Crippen molar-refractivity contribution >= 4 is 42.7 Å². The molecule has 0 saturated heterocycles. The summed E-state index contributed by atoms with van der Waals surface area (Å²) in [5.74, 6) is 0.160. The molecule has 224 valence electrons. The molecule has 0 saturated carbocycles. The van der Waals surface area contributed by atoms with Gasteiger partial charge in [0.05, 0.1) is 26.9 Å². The fraction of sp³-hybridized carbons (Fsp3) is 0.100. The molecular weight excluding hydrogens is 593 g/mol. The summed E-state index contributed by atoms with van der Waals surface area (Å²) in [6.07, 6.45) is 1.85. The van der Waals surface area contributed by atoms with E-state index in [2.05, 4.69) is 73.9 Å². The number of fused-ring (bicyclic) bond motifs is 4. The number of rotatable bonds is 4. The highest BCUT2D eigenvalue weighted by molar-refractivity contribution is 7.26. The fourth-order valence-corrected chi connectivity index (χ4v) is 7.55. The van der Waals surface area contributed by atoms with E-state index in [0.717, 1.165) is 65.2 Å². The molecule has 0 N–H and O–H groups in total. The van der Waals surface area contributed by atoms with Crippen molar-refractivity contribution in [2.75, 3.05) is 0 Å². The first-order valence-corrected chi connectivity index (χ1v) is 16.0. The zero-order chi connectivity index (χ0) is 31.6. The van der Waals surface area contributed by atoms with Gasteiger partial charge in [-0.25, -0.2) is 13.8 Å². The lowest BCUT2D eigenvalue weighted by Gasteiger charge is -2.27. The van der Waals surface area contributed by atoms with E-state index in [0.29, 0.717) is 11.0 Å². The molecule has 0 radical (unpaired) electrons. The van der Waals surface area contributed by atoms with Gasteiger partial charge in [0.1, 0.15) is 17.5 Å². The van der Waals surface area contributed by atoms with Crippen molar-refractivity contribution in [2.24, 2.45) is 0 Å². The molecular formula is C40H29F2N3S. The molecule has 6 heteroatoms. The van der Waals surface area contributed by atoms with Gasteiger partial charge in [0.2, 0.25) is 0 Å². The van der Waals surface area contributed by atoms with E-state index in [4.69, 9.17) is 9.97 Å². The summed E-state index contributed by atoms with van der Waals surface area (Å²) in [7, 11) is 0. The molecule has 3 heterocycles. The van der Waals surface area contributed by atoms with E-state index in [1.54, 1.807) is 35.6 Å². The Bertz CT molecular complexity index is 2420. The number of nitrogens with zero attached hydrogens (tertiary/aromatic N) is 3. The molecule has 0 amide bonds. The van der Waals surface area contributed by atoms with Crippen LogP contribution in [-0.2, 0) is 5.41 Å². The zero-order valence-corrected chi connectivity index (χ0v) is 26.4. The molecule has 0 fully saturated rings. The number of hydrogen-bond acceptors (Lipinski definition) is 3. The van der Waals surface area contributed by atoms with E-state index in [1.807, 2.05) is 30.5 Å². The highest BCUT2D eigenvalue weighted by Crippen LogP contribution is 2.44. The summed E-state index contributed by atoms with van der Waals surface area (Å²) in [6, 6.07) is 36.4. The van der Waals surface area contributed by atoms with Gasteiger partial charge < -0.3 is 0 Å². The monoisotopic (exact) mass is 621 g/mol. The molecule has 0 atom stereocenters. The Labute approximate surface area is 269 Å². The van der Waals surface area contributed by atoms with Crippen molar-refractivity contribution in [1.29, 1.82) is 0 Å². The summed E-state index contributed by atoms with van der Waals surface area (Å²) < 4.78 is 32.9. The molecule has 0 aliphatic rings. The molecule has 0 aliphatic carbocycles. The van der Waals surface area contributed by atoms with Crippen LogP contribution in [-0.4, -0.2) is 14.5 Å². The van der Waals surface area contributed by atoms with Gasteiger partial charge in [-0.3, -0.25) is 9.55 Å². The van der Waals surface area contributed by atoms with Crippen LogP contribution in [0.3, 0.4) is 0 Å². The molecule has 0 aliphatic heterocycles. The van der Waals surface area contributed by atoms with Gasteiger partial charge in [-0.2, -0.15) is 0 Å². The average molecular weight is 622 g/mol. The predicted molar refractivity (Wildman–Crippen MR) is 187 cm³/mol. The Morgan fingerprint density at radius 1 is 0.674 bits per heavy atom. The van der Waals surface area contributed by atoms with Gasteiger partial charge >= 0.3 is 0 Å². The Kier molecular flexibility index (Phi) is 6.59. The van der Waals surface area contributed by atoms with Gasteiger partial charge in [-0.15, -0.1) is 11.3 Å². The van der Waals surface area contributed by atoms with Crippen LogP contribution >= 0.6 is 11.3 Å². The molecule has 0 unspecified atom stereocenters. The minimum absolute atomic E-state index is 0.217. The largest absolute Gasteiger partial charge is 0.291 e. The maximum Gasteiger partial charge on any atom is 0.147 e. The van der Waals surface area contributed by atoms with Gasteiger partial charge in [0.15, 0.2) is 0 Å². The second-order valence-electron chi connectivity index (χ2n) is 12.6. The van der Waals surface area contributed by atoms with Crippen LogP contribution in [0.4, 0.5) is 8.78 Å². The molecule has 5 aromatic carbocycles. The lowest BCUT2D eigenvalue weighted by atomic mass is 9.83. The minimum atomic E-state index is -0.313. The first kappa shape index (κ1) is 28.3. The SMILES string of the molecule is CC(C)(C)c1cccc(-c2ccccc2)c1-n1c(-c2cccc3c2sc2cc(-c4ccc(F)cc4)cnc23)nc2ccc(F)cc21. The van der Waals surface area contributed by atoms with Crippen molar-refractivity contribution < 1.29 is 8.78 Å². The Hall–Kier alpha value is -5.20. The smallest absolute Gasteiger partial charge is 0.147 e. The van der Waals surface area contributed by atoms with E-state index in [1.165, 1.54) is 18.2 Å². The average Bonchev–Trinajstić information content (AvgIpc) is 3.62. The summed E-state index contributed by atoms with van der Waals surface area (Å²) in [4.78, 5) is 10.1. The summed E-state index contributed by atoms with van der Waals surface area (Å²) in [6.45, 7) is 6.62. The molecule has 3 aromatic heterocycles. The highest BCUT2D eigenvalue weighted by Gasteiger charge is 2.27. The van der Waals surface area contributed by atoms with Crippen LogP contribution in [0.25, 0.3) is 70.7 Å². The van der Waals surface area contributed by atoms with E-state index < -0.39 is 0 Å². The minimum Gasteiger partial charge on any atom is -0.291 e. The Morgan fingerprint density at radius 3 is 2.20 bits per heavy atom. The number of imidazole rings is 1. The Morgan fingerprint density at radius 2 is 1.41 bits per heavy atom. The van der Waals surface area contributed by atoms with Gasteiger partial charge in [-0.05, 0) is 58.5 Å². The molecule has 8 rings (SSSR count). The second-order valence-corrected chi connectivity index (χ2v) is 13.6. The number of benzene rings is 5. The normalized spacial score (nSPS) is 12.0. The lowest BCUT2D eigenvalue weighted by molar-refractivity contribution is 0.587. The van der Waals surface area contributed by atoms with Crippen LogP contribution in [0.1, 0.15) is 26.3 Å². The van der Waals surface area contributed by atoms with Gasteiger partial charge in [0.25, 0.3) is 0 Å². The van der Waals surface area contributed by atoms with E-state index in [9.17, 15) is 4.39 Å². The van der Waals surface area contributed by atoms with Crippen molar-refractivity contribution in [1.82, 2.24) is 14.5 Å². The first-order valence-electron chi connectivity index (χ1n) is 15.2. The number of halogens is 2. The number of pyridine rings is 1. The van der Waals surface area contributed by atoms with Crippen LogP contribution in [0.5, 0.6) is 0 Å². The van der Waals surface area contributed by atoms with E-state index >= 15 is 4.39 Å². The molecule has 0 spiro atoms. The third-order valence-electron chi connectivity index (χ3n) is 8.52. The van der Waals surface area contributed by atoms with Crippen molar-refractivity contribution in [3.8, 4) is 39.3 Å². The third-order valence-corrected chi connectivity index (χ3v) is 9.70. The number of hydrogen-bond donors (Lipinski definition) is 0. The molecule has 8 aromatic rings. The van der Waals surface area contributed by atoms with E-state index in [-0.39, 0.29) is 17.0 Å². The Balaban J connectivity index is 1.44. The van der Waals surface area contributed by atoms with Gasteiger partial charge in [-0.1, -0.05) is 93.6 Å². The number of aromatic nitrogens is 3. The van der Waals surface area contributed by atoms with Crippen molar-refractivity contribution in [2.45, 2.75) is 26.2 Å². The molecule has 46 heavy (non-hydrogen) atoms. The second kappa shape index (κ2) is 10.7. The standard InChI is InChI=1S/C40H29F2N3S/c1-40(2,3)32-14-8-11-29(25-9-5-4-6-10-25)37(32)45-34-22-28(42)19-20-33(34)44-39(45)31-13-7-12-30-36-35(46-38(30)31)21-26(23-43-36)24-15-17-27(41)18-16-24/h4-23H,1-3H3. The van der Waals surface area contributed by atoms with Crippen molar-refractivity contribution in [3.63, 3.8) is 0 Å². The summed E-state index contributed by atoms with van der Waals surface area (Å²) in [5, 5.41) is 1.03. The van der Waals surface area contributed by atoms with Crippen LogP contribution in [0, 0.1) is 11.6 Å². The molecule has 3 nitrogen and oxygen atoms in total. The zero-order valence-electron chi connectivity index (χ0n) is 25.6. The number of para-hydroxylation sites is 1. The van der Waals surface area contributed by atoms with Crippen LogP contribution in [0.2, 0.25) is 0 Å².